The normalized spacial score (nSPS) is 14.7. The Labute approximate surface area is 184 Å². The van der Waals surface area contributed by atoms with Crippen LogP contribution in [-0.2, 0) is 11.3 Å². The van der Waals surface area contributed by atoms with Gasteiger partial charge in [-0.1, -0.05) is 6.07 Å². The zero-order valence-corrected chi connectivity index (χ0v) is 18.2. The molecular weight excluding hydrogens is 419 g/mol. The molecule has 9 nitrogen and oxygen atoms in total. The van der Waals surface area contributed by atoms with Crippen molar-refractivity contribution in [2.24, 2.45) is 0 Å². The molecule has 0 spiro atoms. The van der Waals surface area contributed by atoms with Crippen LogP contribution in [0.15, 0.2) is 29.1 Å². The number of halogens is 1. The molecule has 32 heavy (non-hydrogen) atoms. The summed E-state index contributed by atoms with van der Waals surface area (Å²) in [4.78, 5) is 29.4. The summed E-state index contributed by atoms with van der Waals surface area (Å²) in [5.74, 6) is -0.628. The topological polar surface area (TPSA) is 98.2 Å². The van der Waals surface area contributed by atoms with Gasteiger partial charge < -0.3 is 19.5 Å². The summed E-state index contributed by atoms with van der Waals surface area (Å²) < 4.78 is 26.2. The number of carbonyl (C=O) groups excluding carboxylic acids is 1. The molecule has 0 bridgehead atoms. The van der Waals surface area contributed by atoms with Gasteiger partial charge in [0, 0.05) is 32.0 Å². The van der Waals surface area contributed by atoms with E-state index < -0.39 is 23.6 Å². The van der Waals surface area contributed by atoms with Gasteiger partial charge in [-0.05, 0) is 32.9 Å². The Morgan fingerprint density at radius 3 is 2.56 bits per heavy atom. The number of amides is 1. The first-order valence-electron chi connectivity index (χ1n) is 10.2. The monoisotopic (exact) mass is 444 g/mol. The van der Waals surface area contributed by atoms with Gasteiger partial charge in [0.15, 0.2) is 5.75 Å². The highest BCUT2D eigenvalue weighted by Gasteiger charge is 2.28. The fourth-order valence-corrected chi connectivity index (χ4v) is 3.25. The predicted octanol–water partition coefficient (Wildman–Crippen LogP) is 3.19. The summed E-state index contributed by atoms with van der Waals surface area (Å²) in [5.41, 5.74) is -1.06. The van der Waals surface area contributed by atoms with E-state index in [0.29, 0.717) is 25.9 Å². The molecule has 0 atom stereocenters. The van der Waals surface area contributed by atoms with Crippen molar-refractivity contribution >= 4 is 11.8 Å². The Balaban J connectivity index is 1.73. The van der Waals surface area contributed by atoms with E-state index in [-0.39, 0.29) is 35.0 Å². The lowest BCUT2D eigenvalue weighted by Crippen LogP contribution is -2.44. The van der Waals surface area contributed by atoms with E-state index in [2.05, 4.69) is 9.94 Å². The van der Waals surface area contributed by atoms with E-state index in [1.165, 1.54) is 18.2 Å². The number of likely N-dealkylation sites (tertiary alicyclic amines) is 1. The van der Waals surface area contributed by atoms with Crippen LogP contribution < -0.4 is 10.3 Å². The van der Waals surface area contributed by atoms with Gasteiger partial charge in [0.1, 0.15) is 23.2 Å². The van der Waals surface area contributed by atoms with Crippen LogP contribution >= 0.6 is 0 Å². The number of hydrogen-bond acceptors (Lipinski definition) is 6. The molecule has 1 fully saturated rings. The first-order valence-corrected chi connectivity index (χ1v) is 10.2. The summed E-state index contributed by atoms with van der Waals surface area (Å²) in [6, 6.07) is 4.89. The van der Waals surface area contributed by atoms with Crippen LogP contribution in [0, 0.1) is 12.4 Å². The predicted molar refractivity (Wildman–Crippen MR) is 113 cm³/mol. The van der Waals surface area contributed by atoms with Gasteiger partial charge >= 0.3 is 6.09 Å². The van der Waals surface area contributed by atoms with Crippen LogP contribution in [-0.4, -0.2) is 50.7 Å². The fraction of sp³-hybridized carbons (Fsp3) is 0.455. The second-order valence-corrected chi connectivity index (χ2v) is 8.40. The van der Waals surface area contributed by atoms with E-state index in [9.17, 15) is 19.1 Å². The molecule has 1 aromatic heterocycles. The Morgan fingerprint density at radius 2 is 2.00 bits per heavy atom. The lowest BCUT2D eigenvalue weighted by atomic mass is 10.1. The van der Waals surface area contributed by atoms with Crippen LogP contribution in [0.3, 0.4) is 0 Å². The molecular formula is C22H25FN4O5. The largest absolute Gasteiger partial charge is 0.488 e. The second-order valence-electron chi connectivity index (χ2n) is 8.40. The average molecular weight is 444 g/mol. The second kappa shape index (κ2) is 9.36. The molecule has 3 rings (SSSR count). The van der Waals surface area contributed by atoms with Crippen LogP contribution in [0.1, 0.15) is 39.3 Å². The highest BCUT2D eigenvalue weighted by atomic mass is 19.1. The molecule has 2 aromatic rings. The number of aliphatic hydroxyl groups is 1. The lowest BCUT2D eigenvalue weighted by molar-refractivity contribution is 0.0124. The van der Waals surface area contributed by atoms with Crippen LogP contribution in [0.25, 0.3) is 10.5 Å². The van der Waals surface area contributed by atoms with Gasteiger partial charge in [0.2, 0.25) is 5.69 Å². The van der Waals surface area contributed by atoms with Crippen LogP contribution in [0.4, 0.5) is 14.9 Å². The summed E-state index contributed by atoms with van der Waals surface area (Å²) >= 11 is 0. The molecule has 1 aliphatic rings. The Bertz CT molecular complexity index is 1090. The van der Waals surface area contributed by atoms with Gasteiger partial charge in [-0.25, -0.2) is 14.0 Å². The first-order chi connectivity index (χ1) is 15.1. The summed E-state index contributed by atoms with van der Waals surface area (Å²) in [6.45, 7) is 12.7. The van der Waals surface area contributed by atoms with E-state index in [4.69, 9.17) is 16.0 Å². The number of piperidine rings is 1. The van der Waals surface area contributed by atoms with Crippen molar-refractivity contribution in [1.82, 2.24) is 14.7 Å². The highest BCUT2D eigenvalue weighted by molar-refractivity contribution is 5.68. The minimum atomic E-state index is -0.770. The molecule has 0 aliphatic carbocycles. The van der Waals surface area contributed by atoms with Crippen molar-refractivity contribution in [2.75, 3.05) is 13.1 Å². The van der Waals surface area contributed by atoms with Gasteiger partial charge in [-0.2, -0.15) is 9.78 Å². The molecule has 0 unspecified atom stereocenters. The summed E-state index contributed by atoms with van der Waals surface area (Å²) in [7, 11) is 0. The van der Waals surface area contributed by atoms with Gasteiger partial charge in [-0.15, -0.1) is 0 Å². The molecule has 2 heterocycles. The van der Waals surface area contributed by atoms with E-state index in [0.717, 1.165) is 10.7 Å². The van der Waals surface area contributed by atoms with Crippen molar-refractivity contribution in [3.63, 3.8) is 0 Å². The molecule has 0 radical (unpaired) electrons. The minimum Gasteiger partial charge on any atom is -0.488 e. The standard InChI is InChI=1S/C22H25FN4O5/c1-22(2,3)32-21(30)26-9-7-15(8-10-26)31-19-12-20(29)27(25-18(19)13-28)14-5-6-17(24-4)16(23)11-14/h5-6,11-12,15,28H,7-10,13H2,1-3H3. The zero-order valence-electron chi connectivity index (χ0n) is 18.2. The minimum absolute atomic E-state index is 0.119. The van der Waals surface area contributed by atoms with E-state index in [1.807, 2.05) is 0 Å². The van der Waals surface area contributed by atoms with Crippen LogP contribution in [0.5, 0.6) is 5.75 Å². The Kier molecular flexibility index (Phi) is 6.79. The SMILES string of the molecule is [C-]#[N+]c1ccc(-n2nc(CO)c(OC3CCN(C(=O)OC(C)(C)C)CC3)cc2=O)cc1F. The lowest BCUT2D eigenvalue weighted by Gasteiger charge is -2.33. The third-order valence-electron chi connectivity index (χ3n) is 4.80. The third kappa shape index (κ3) is 5.42. The molecule has 0 saturated carbocycles. The number of ether oxygens (including phenoxy) is 2. The smallest absolute Gasteiger partial charge is 0.410 e. The fourth-order valence-electron chi connectivity index (χ4n) is 3.25. The molecule has 170 valence electrons. The number of hydrogen-bond donors (Lipinski definition) is 1. The molecule has 1 amide bonds. The van der Waals surface area contributed by atoms with Crippen molar-refractivity contribution < 1.29 is 23.8 Å². The average Bonchev–Trinajstić information content (AvgIpc) is 2.73. The van der Waals surface area contributed by atoms with Gasteiger partial charge in [-0.3, -0.25) is 4.79 Å². The molecule has 1 saturated heterocycles. The quantitative estimate of drug-likeness (QED) is 0.728. The summed E-state index contributed by atoms with van der Waals surface area (Å²) in [5, 5.41) is 13.8. The maximum absolute atomic E-state index is 14.0. The van der Waals surface area contributed by atoms with Crippen molar-refractivity contribution in [2.45, 2.75) is 51.9 Å². The van der Waals surface area contributed by atoms with Gasteiger partial charge in [0.25, 0.3) is 5.56 Å². The number of carbonyl (C=O) groups is 1. The number of rotatable bonds is 4. The number of benzene rings is 1. The first kappa shape index (κ1) is 23.2. The van der Waals surface area contributed by atoms with E-state index >= 15 is 0 Å². The molecule has 10 heteroatoms. The molecule has 1 aromatic carbocycles. The molecule has 1 N–H and O–H groups in total. The highest BCUT2D eigenvalue weighted by Crippen LogP contribution is 2.24. The molecule has 1 aliphatic heterocycles. The van der Waals surface area contributed by atoms with Crippen molar-refractivity contribution in [3.8, 4) is 11.4 Å². The van der Waals surface area contributed by atoms with Crippen molar-refractivity contribution in [1.29, 1.82) is 0 Å². The van der Waals surface area contributed by atoms with Crippen molar-refractivity contribution in [3.05, 3.63) is 57.5 Å². The number of aromatic nitrogens is 2. The Morgan fingerprint density at radius 1 is 1.31 bits per heavy atom. The third-order valence-corrected chi connectivity index (χ3v) is 4.80. The number of aliphatic hydroxyl groups excluding tert-OH is 1. The maximum atomic E-state index is 14.0. The Hall–Kier alpha value is -3.45. The van der Waals surface area contributed by atoms with Gasteiger partial charge in [0.05, 0.1) is 18.9 Å². The zero-order chi connectivity index (χ0) is 23.5. The number of nitrogens with zero attached hydrogens (tertiary/aromatic N) is 4. The summed E-state index contributed by atoms with van der Waals surface area (Å²) in [6.07, 6.45) is 0.395. The maximum Gasteiger partial charge on any atom is 0.410 e. The van der Waals surface area contributed by atoms with Crippen LogP contribution in [0.2, 0.25) is 0 Å². The van der Waals surface area contributed by atoms with E-state index in [1.54, 1.807) is 25.7 Å².